The minimum absolute atomic E-state index is 0.611. The van der Waals surface area contributed by atoms with Crippen LogP contribution < -0.4 is 9.47 Å². The van der Waals surface area contributed by atoms with Gasteiger partial charge in [0.25, 0.3) is 0 Å². The van der Waals surface area contributed by atoms with Gasteiger partial charge >= 0.3 is 0 Å². The van der Waals surface area contributed by atoms with Crippen LogP contribution in [0.4, 0.5) is 0 Å². The number of rotatable bonds is 6. The Balaban J connectivity index is 1.51. The first-order chi connectivity index (χ1) is 10.9. The molecule has 1 N–H and O–H groups in total. The van der Waals surface area contributed by atoms with Crippen LogP contribution in [0, 0.1) is 0 Å². The van der Waals surface area contributed by atoms with E-state index in [1.807, 2.05) is 24.3 Å². The number of nitrogens with zero attached hydrogens (tertiary/aromatic N) is 4. The van der Waals surface area contributed by atoms with E-state index in [0.717, 1.165) is 43.1 Å². The Bertz CT molecular complexity index is 627. The Morgan fingerprint density at radius 1 is 1.27 bits per heavy atom. The zero-order chi connectivity index (χ0) is 15.2. The summed E-state index contributed by atoms with van der Waals surface area (Å²) in [5.41, 5.74) is 1.11. The molecule has 22 heavy (non-hydrogen) atoms. The molecule has 0 radical (unpaired) electrons. The summed E-state index contributed by atoms with van der Waals surface area (Å²) < 4.78 is 11.1. The Kier molecular flexibility index (Phi) is 4.65. The molecule has 116 valence electrons. The molecular weight excluding hydrogens is 282 g/mol. The Labute approximate surface area is 128 Å². The molecule has 1 aromatic heterocycles. The number of methoxy groups -OCH3 is 1. The van der Waals surface area contributed by atoms with Crippen LogP contribution in [0.1, 0.15) is 12.2 Å². The maximum atomic E-state index is 5.82. The third-order valence-electron chi connectivity index (χ3n) is 3.60. The fraction of sp³-hybridized carbons (Fsp3) is 0.400. The zero-order valence-corrected chi connectivity index (χ0v) is 12.5. The van der Waals surface area contributed by atoms with Gasteiger partial charge in [0.2, 0.25) is 5.82 Å². The van der Waals surface area contributed by atoms with Crippen molar-refractivity contribution >= 4 is 5.57 Å². The quantitative estimate of drug-likeness (QED) is 0.868. The minimum atomic E-state index is 0.611. The van der Waals surface area contributed by atoms with Crippen molar-refractivity contribution in [2.24, 2.45) is 0 Å². The summed E-state index contributed by atoms with van der Waals surface area (Å²) in [6.07, 6.45) is 3.15. The highest BCUT2D eigenvalue weighted by Crippen LogP contribution is 2.25. The maximum Gasteiger partial charge on any atom is 0.201 e. The van der Waals surface area contributed by atoms with Crippen LogP contribution in [0.5, 0.6) is 11.5 Å². The molecule has 0 unspecified atom stereocenters. The second-order valence-electron chi connectivity index (χ2n) is 5.03. The highest BCUT2D eigenvalue weighted by molar-refractivity contribution is 5.61. The first-order valence-corrected chi connectivity index (χ1v) is 7.28. The largest absolute Gasteiger partial charge is 0.493 e. The first-order valence-electron chi connectivity index (χ1n) is 7.28. The standard InChI is InChI=1S/C15H19N5O2/c1-21-13-6-2-3-7-14(13)22-10-9-20-8-4-5-12(11-20)15-16-18-19-17-15/h2-3,5-7H,4,8-11H2,1H3,(H,16,17,18,19). The number of aromatic nitrogens is 4. The summed E-state index contributed by atoms with van der Waals surface area (Å²) in [6.45, 7) is 3.28. The molecule has 2 heterocycles. The van der Waals surface area contributed by atoms with E-state index in [2.05, 4.69) is 31.6 Å². The molecule has 1 aliphatic heterocycles. The van der Waals surface area contributed by atoms with Crippen molar-refractivity contribution in [1.29, 1.82) is 0 Å². The van der Waals surface area contributed by atoms with E-state index in [9.17, 15) is 0 Å². The molecule has 7 nitrogen and oxygen atoms in total. The Morgan fingerprint density at radius 3 is 2.91 bits per heavy atom. The van der Waals surface area contributed by atoms with Gasteiger partial charge in [0.1, 0.15) is 6.61 Å². The van der Waals surface area contributed by atoms with Crippen LogP contribution in [0.2, 0.25) is 0 Å². The number of aromatic amines is 1. The van der Waals surface area contributed by atoms with Crippen molar-refractivity contribution in [2.75, 3.05) is 33.4 Å². The number of benzene rings is 1. The molecule has 3 rings (SSSR count). The van der Waals surface area contributed by atoms with Gasteiger partial charge in [0.05, 0.1) is 7.11 Å². The van der Waals surface area contributed by atoms with Crippen LogP contribution in [-0.4, -0.2) is 58.9 Å². The van der Waals surface area contributed by atoms with E-state index in [-0.39, 0.29) is 0 Å². The highest BCUT2D eigenvalue weighted by Gasteiger charge is 2.16. The van der Waals surface area contributed by atoms with Gasteiger partial charge in [0, 0.05) is 25.2 Å². The molecule has 0 aliphatic carbocycles. The van der Waals surface area contributed by atoms with Crippen molar-refractivity contribution in [3.8, 4) is 11.5 Å². The predicted octanol–water partition coefficient (Wildman–Crippen LogP) is 1.38. The predicted molar refractivity (Wildman–Crippen MR) is 81.7 cm³/mol. The van der Waals surface area contributed by atoms with Gasteiger partial charge in [-0.05, 0) is 23.8 Å². The molecule has 0 atom stereocenters. The highest BCUT2D eigenvalue weighted by atomic mass is 16.5. The van der Waals surface area contributed by atoms with E-state index in [4.69, 9.17) is 9.47 Å². The second-order valence-corrected chi connectivity index (χ2v) is 5.03. The number of tetrazole rings is 1. The number of hydrogen-bond donors (Lipinski definition) is 1. The number of nitrogens with one attached hydrogen (secondary N) is 1. The van der Waals surface area contributed by atoms with Crippen molar-refractivity contribution in [3.05, 3.63) is 36.2 Å². The summed E-state index contributed by atoms with van der Waals surface area (Å²) >= 11 is 0. The molecule has 0 bridgehead atoms. The van der Waals surface area contributed by atoms with E-state index in [1.54, 1.807) is 7.11 Å². The van der Waals surface area contributed by atoms with E-state index in [1.165, 1.54) is 0 Å². The number of ether oxygens (including phenoxy) is 2. The molecule has 0 fully saturated rings. The lowest BCUT2D eigenvalue weighted by atomic mass is 10.1. The fourth-order valence-electron chi connectivity index (χ4n) is 2.48. The van der Waals surface area contributed by atoms with Crippen molar-refractivity contribution < 1.29 is 9.47 Å². The van der Waals surface area contributed by atoms with Crippen LogP contribution >= 0.6 is 0 Å². The third kappa shape index (κ3) is 3.43. The SMILES string of the molecule is COc1ccccc1OCCN1CCC=C(c2nn[nH]n2)C1. The summed E-state index contributed by atoms with van der Waals surface area (Å²) in [5, 5.41) is 14.2. The average molecular weight is 301 g/mol. The van der Waals surface area contributed by atoms with Gasteiger partial charge in [-0.2, -0.15) is 5.21 Å². The van der Waals surface area contributed by atoms with Gasteiger partial charge in [-0.15, -0.1) is 10.2 Å². The van der Waals surface area contributed by atoms with Crippen LogP contribution in [0.15, 0.2) is 30.3 Å². The normalized spacial score (nSPS) is 15.4. The topological polar surface area (TPSA) is 76.2 Å². The Morgan fingerprint density at radius 2 is 2.14 bits per heavy atom. The van der Waals surface area contributed by atoms with Crippen molar-refractivity contribution in [2.45, 2.75) is 6.42 Å². The summed E-state index contributed by atoms with van der Waals surface area (Å²) in [4.78, 5) is 2.32. The molecule has 1 aromatic carbocycles. The van der Waals surface area contributed by atoms with E-state index >= 15 is 0 Å². The number of para-hydroxylation sites is 2. The lowest BCUT2D eigenvalue weighted by Crippen LogP contribution is -2.33. The molecule has 0 saturated heterocycles. The molecule has 1 aliphatic rings. The van der Waals surface area contributed by atoms with Crippen molar-refractivity contribution in [1.82, 2.24) is 25.5 Å². The Hall–Kier alpha value is -2.41. The van der Waals surface area contributed by atoms with E-state index in [0.29, 0.717) is 12.4 Å². The lowest BCUT2D eigenvalue weighted by molar-refractivity contribution is 0.217. The zero-order valence-electron chi connectivity index (χ0n) is 12.5. The second kappa shape index (κ2) is 7.04. The number of hydrogen-bond acceptors (Lipinski definition) is 6. The minimum Gasteiger partial charge on any atom is -0.493 e. The monoisotopic (exact) mass is 301 g/mol. The van der Waals surface area contributed by atoms with Crippen molar-refractivity contribution in [3.63, 3.8) is 0 Å². The van der Waals surface area contributed by atoms with Crippen LogP contribution in [0.25, 0.3) is 5.57 Å². The summed E-state index contributed by atoms with van der Waals surface area (Å²) in [6, 6.07) is 7.68. The van der Waals surface area contributed by atoms with Gasteiger partial charge in [-0.3, -0.25) is 4.90 Å². The van der Waals surface area contributed by atoms with Crippen LogP contribution in [-0.2, 0) is 0 Å². The third-order valence-corrected chi connectivity index (χ3v) is 3.60. The molecule has 0 saturated carbocycles. The van der Waals surface area contributed by atoms with Gasteiger partial charge < -0.3 is 9.47 Å². The molecule has 2 aromatic rings. The first kappa shape index (κ1) is 14.5. The van der Waals surface area contributed by atoms with Crippen LogP contribution in [0.3, 0.4) is 0 Å². The maximum absolute atomic E-state index is 5.82. The molecule has 0 amide bonds. The van der Waals surface area contributed by atoms with Gasteiger partial charge in [0.15, 0.2) is 11.5 Å². The number of H-pyrrole nitrogens is 1. The summed E-state index contributed by atoms with van der Waals surface area (Å²) in [7, 11) is 1.65. The van der Waals surface area contributed by atoms with Gasteiger partial charge in [-0.25, -0.2) is 0 Å². The average Bonchev–Trinajstić information content (AvgIpc) is 3.10. The lowest BCUT2D eigenvalue weighted by Gasteiger charge is -2.26. The smallest absolute Gasteiger partial charge is 0.201 e. The van der Waals surface area contributed by atoms with E-state index < -0.39 is 0 Å². The fourth-order valence-corrected chi connectivity index (χ4v) is 2.48. The molecule has 7 heteroatoms. The molecule has 0 spiro atoms. The molecular formula is C15H19N5O2. The summed E-state index contributed by atoms with van der Waals surface area (Å²) in [5.74, 6) is 2.21. The van der Waals surface area contributed by atoms with Gasteiger partial charge in [-0.1, -0.05) is 18.2 Å².